The zero-order valence-corrected chi connectivity index (χ0v) is 13.6. The second kappa shape index (κ2) is 7.44. The second-order valence-corrected chi connectivity index (χ2v) is 5.24. The highest BCUT2D eigenvalue weighted by atomic mass is 16.6. The van der Waals surface area contributed by atoms with Crippen LogP contribution in [-0.2, 0) is 6.61 Å². The molecule has 2 aromatic carbocycles. The molecule has 0 unspecified atom stereocenters. The van der Waals surface area contributed by atoms with E-state index in [1.54, 1.807) is 24.3 Å². The van der Waals surface area contributed by atoms with Gasteiger partial charge in [0.25, 0.3) is 5.88 Å². The molecule has 0 saturated heterocycles. The second-order valence-electron chi connectivity index (χ2n) is 5.24. The van der Waals surface area contributed by atoms with Gasteiger partial charge < -0.3 is 9.47 Å². The third kappa shape index (κ3) is 3.58. The molecule has 126 valence electrons. The molecule has 1 heterocycles. The zero-order valence-electron chi connectivity index (χ0n) is 13.6. The van der Waals surface area contributed by atoms with Crippen LogP contribution in [0.1, 0.15) is 5.56 Å². The van der Waals surface area contributed by atoms with Gasteiger partial charge in [-0.1, -0.05) is 48.5 Å². The number of aromatic nitrogens is 1. The van der Waals surface area contributed by atoms with Gasteiger partial charge in [0.2, 0.25) is 0 Å². The molecule has 3 aromatic rings. The fourth-order valence-electron chi connectivity index (χ4n) is 2.53. The molecule has 6 nitrogen and oxygen atoms in total. The Labute approximate surface area is 144 Å². The molecule has 25 heavy (non-hydrogen) atoms. The number of benzene rings is 2. The molecule has 6 heteroatoms. The molecule has 0 radical (unpaired) electrons. The SMILES string of the molecule is COc1ccccc1-c1ccnc(OCc2ccccc2)c1[N+](=O)[O-]. The van der Waals surface area contributed by atoms with Crippen molar-refractivity contribution in [2.75, 3.05) is 7.11 Å². The highest BCUT2D eigenvalue weighted by molar-refractivity contribution is 5.80. The summed E-state index contributed by atoms with van der Waals surface area (Å²) in [5.74, 6) is 0.531. The van der Waals surface area contributed by atoms with Crippen LogP contribution >= 0.6 is 0 Å². The average molecular weight is 336 g/mol. The quantitative estimate of drug-likeness (QED) is 0.497. The summed E-state index contributed by atoms with van der Waals surface area (Å²) in [5.41, 5.74) is 1.74. The highest BCUT2D eigenvalue weighted by Gasteiger charge is 2.25. The summed E-state index contributed by atoms with van der Waals surface area (Å²) in [6, 6.07) is 18.1. The number of methoxy groups -OCH3 is 1. The van der Waals surface area contributed by atoms with E-state index in [0.717, 1.165) is 5.56 Å². The first kappa shape index (κ1) is 16.4. The summed E-state index contributed by atoms with van der Waals surface area (Å²) >= 11 is 0. The van der Waals surface area contributed by atoms with Crippen LogP contribution in [0.25, 0.3) is 11.1 Å². The van der Waals surface area contributed by atoms with E-state index in [2.05, 4.69) is 4.98 Å². The van der Waals surface area contributed by atoms with E-state index >= 15 is 0 Å². The van der Waals surface area contributed by atoms with Crippen LogP contribution in [-0.4, -0.2) is 17.0 Å². The lowest BCUT2D eigenvalue weighted by Gasteiger charge is -2.11. The number of rotatable bonds is 6. The largest absolute Gasteiger partial charge is 0.496 e. The fourth-order valence-corrected chi connectivity index (χ4v) is 2.53. The van der Waals surface area contributed by atoms with Crippen LogP contribution in [0.3, 0.4) is 0 Å². The van der Waals surface area contributed by atoms with Crippen molar-refractivity contribution in [1.82, 2.24) is 4.98 Å². The summed E-state index contributed by atoms with van der Waals surface area (Å²) in [6.07, 6.45) is 1.50. The van der Waals surface area contributed by atoms with Gasteiger partial charge in [-0.25, -0.2) is 4.98 Å². The van der Waals surface area contributed by atoms with Crippen molar-refractivity contribution in [3.63, 3.8) is 0 Å². The summed E-state index contributed by atoms with van der Waals surface area (Å²) in [5, 5.41) is 11.7. The molecular weight excluding hydrogens is 320 g/mol. The first-order valence-corrected chi connectivity index (χ1v) is 7.64. The first-order valence-electron chi connectivity index (χ1n) is 7.64. The highest BCUT2D eigenvalue weighted by Crippen LogP contribution is 2.40. The van der Waals surface area contributed by atoms with E-state index in [1.165, 1.54) is 13.3 Å². The summed E-state index contributed by atoms with van der Waals surface area (Å²) in [4.78, 5) is 15.2. The summed E-state index contributed by atoms with van der Waals surface area (Å²) < 4.78 is 10.9. The van der Waals surface area contributed by atoms with E-state index in [9.17, 15) is 10.1 Å². The fraction of sp³-hybridized carbons (Fsp3) is 0.105. The number of pyridine rings is 1. The van der Waals surface area contributed by atoms with Crippen LogP contribution < -0.4 is 9.47 Å². The Bertz CT molecular complexity index is 882. The normalized spacial score (nSPS) is 10.3. The average Bonchev–Trinajstić information content (AvgIpc) is 2.66. The molecule has 1 aromatic heterocycles. The number of ether oxygens (including phenoxy) is 2. The Morgan fingerprint density at radius 2 is 1.72 bits per heavy atom. The monoisotopic (exact) mass is 336 g/mol. The predicted octanol–water partition coefficient (Wildman–Crippen LogP) is 4.24. The van der Waals surface area contributed by atoms with Crippen LogP contribution in [0.5, 0.6) is 11.6 Å². The first-order chi connectivity index (χ1) is 12.2. The van der Waals surface area contributed by atoms with E-state index < -0.39 is 4.92 Å². The van der Waals surface area contributed by atoms with Gasteiger partial charge in [0.1, 0.15) is 12.4 Å². The van der Waals surface area contributed by atoms with Crippen molar-refractivity contribution in [2.45, 2.75) is 6.61 Å². The number of nitrogens with zero attached hydrogens (tertiary/aromatic N) is 2. The van der Waals surface area contributed by atoms with Gasteiger partial charge in [-0.2, -0.15) is 0 Å². The van der Waals surface area contributed by atoms with Gasteiger partial charge in [0.15, 0.2) is 0 Å². The van der Waals surface area contributed by atoms with Crippen LogP contribution in [0.4, 0.5) is 5.69 Å². The van der Waals surface area contributed by atoms with Crippen LogP contribution in [0, 0.1) is 10.1 Å². The molecule has 0 fully saturated rings. The lowest BCUT2D eigenvalue weighted by molar-refractivity contribution is -0.385. The molecule has 0 N–H and O–H groups in total. The van der Waals surface area contributed by atoms with E-state index in [1.807, 2.05) is 36.4 Å². The summed E-state index contributed by atoms with van der Waals surface area (Å²) in [7, 11) is 1.53. The van der Waals surface area contributed by atoms with Gasteiger partial charge in [-0.05, 0) is 17.7 Å². The van der Waals surface area contributed by atoms with Crippen LogP contribution in [0.2, 0.25) is 0 Å². The molecular formula is C19H16N2O4. The molecule has 0 amide bonds. The predicted molar refractivity (Wildman–Crippen MR) is 93.7 cm³/mol. The van der Waals surface area contributed by atoms with Crippen molar-refractivity contribution in [3.8, 4) is 22.8 Å². The Morgan fingerprint density at radius 1 is 1.00 bits per heavy atom. The maximum Gasteiger partial charge on any atom is 0.338 e. The number of hydrogen-bond donors (Lipinski definition) is 0. The molecule has 0 aliphatic carbocycles. The number of para-hydroxylation sites is 1. The Balaban J connectivity index is 2.01. The topological polar surface area (TPSA) is 74.5 Å². The molecule has 0 atom stereocenters. The minimum absolute atomic E-state index is 0.0164. The lowest BCUT2D eigenvalue weighted by atomic mass is 10.0. The van der Waals surface area contributed by atoms with E-state index in [0.29, 0.717) is 16.9 Å². The Hall–Kier alpha value is -3.41. The standard InChI is InChI=1S/C19H16N2O4/c1-24-17-10-6-5-9-15(17)16-11-12-20-19(18(16)21(22)23)25-13-14-7-3-2-4-8-14/h2-12H,13H2,1H3. The maximum absolute atomic E-state index is 11.7. The summed E-state index contributed by atoms with van der Waals surface area (Å²) in [6.45, 7) is 0.198. The Kier molecular flexibility index (Phi) is 4.89. The van der Waals surface area contributed by atoms with Crippen molar-refractivity contribution < 1.29 is 14.4 Å². The van der Waals surface area contributed by atoms with Crippen molar-refractivity contribution in [3.05, 3.63) is 82.5 Å². The minimum Gasteiger partial charge on any atom is -0.496 e. The smallest absolute Gasteiger partial charge is 0.338 e. The van der Waals surface area contributed by atoms with Gasteiger partial charge in [0.05, 0.1) is 17.6 Å². The van der Waals surface area contributed by atoms with Crippen LogP contribution in [0.15, 0.2) is 66.9 Å². The molecule has 0 spiro atoms. The number of nitro groups is 1. The third-order valence-corrected chi connectivity index (χ3v) is 3.69. The van der Waals surface area contributed by atoms with Crippen molar-refractivity contribution >= 4 is 5.69 Å². The van der Waals surface area contributed by atoms with Crippen molar-refractivity contribution in [1.29, 1.82) is 0 Å². The molecule has 0 bridgehead atoms. The molecule has 0 aliphatic heterocycles. The van der Waals surface area contributed by atoms with Gasteiger partial charge in [-0.3, -0.25) is 10.1 Å². The van der Waals surface area contributed by atoms with E-state index in [4.69, 9.17) is 9.47 Å². The van der Waals surface area contributed by atoms with Gasteiger partial charge >= 0.3 is 5.69 Å². The van der Waals surface area contributed by atoms with Gasteiger partial charge in [-0.15, -0.1) is 0 Å². The van der Waals surface area contributed by atoms with Crippen molar-refractivity contribution in [2.24, 2.45) is 0 Å². The Morgan fingerprint density at radius 3 is 2.44 bits per heavy atom. The zero-order chi connectivity index (χ0) is 17.6. The van der Waals surface area contributed by atoms with E-state index in [-0.39, 0.29) is 18.2 Å². The molecule has 0 aliphatic rings. The maximum atomic E-state index is 11.7. The molecule has 0 saturated carbocycles. The molecule has 3 rings (SSSR count). The lowest BCUT2D eigenvalue weighted by Crippen LogP contribution is -2.03. The van der Waals surface area contributed by atoms with Gasteiger partial charge in [0, 0.05) is 11.8 Å². The number of hydrogen-bond acceptors (Lipinski definition) is 5. The third-order valence-electron chi connectivity index (χ3n) is 3.69. The minimum atomic E-state index is -0.477.